The van der Waals surface area contributed by atoms with E-state index in [1.165, 1.54) is 38.4 Å². The van der Waals surface area contributed by atoms with Crippen LogP contribution in [0.5, 0.6) is 0 Å². The Morgan fingerprint density at radius 2 is 1.41 bits per heavy atom. The molecule has 4 bridgehead atoms. The van der Waals surface area contributed by atoms with E-state index in [0.717, 1.165) is 54.1 Å². The number of carbonyl (C=O) groups excluding carboxylic acids is 8. The van der Waals surface area contributed by atoms with Crippen LogP contribution >= 0.6 is 0 Å². The van der Waals surface area contributed by atoms with Crippen molar-refractivity contribution in [3.63, 3.8) is 0 Å². The number of hydrogen-bond acceptors (Lipinski definition) is 20. The highest BCUT2D eigenvalue weighted by Crippen LogP contribution is 2.70. The van der Waals surface area contributed by atoms with E-state index in [1.54, 1.807) is 6.92 Å². The largest absolute Gasteiger partial charge is 0.472 e. The molecule has 330 valence electrons. The smallest absolute Gasteiger partial charge is 0.341 e. The van der Waals surface area contributed by atoms with Crippen LogP contribution < -0.4 is 0 Å². The molecular weight excluding hydrogens is 810 g/mol. The van der Waals surface area contributed by atoms with Gasteiger partial charge in [0.1, 0.15) is 48.3 Å². The first-order chi connectivity index (χ1) is 28.5. The third-order valence-electron chi connectivity index (χ3n) is 12.2. The minimum absolute atomic E-state index is 0.0569. The van der Waals surface area contributed by atoms with Gasteiger partial charge in [-0.05, 0) is 37.5 Å². The summed E-state index contributed by atoms with van der Waals surface area (Å²) in [5.74, 6) is -11.9. The average Bonchev–Trinajstić information content (AvgIpc) is 3.79. The molecule has 4 aliphatic rings. The number of rotatable bonds is 8. The van der Waals surface area contributed by atoms with Gasteiger partial charge in [0.2, 0.25) is 0 Å². The fourth-order valence-electron chi connectivity index (χ4n) is 9.68. The first kappa shape index (κ1) is 44.7. The molecule has 2 aromatic heterocycles. The second kappa shape index (κ2) is 16.2. The van der Waals surface area contributed by atoms with Crippen molar-refractivity contribution in [1.29, 1.82) is 0 Å². The quantitative estimate of drug-likeness (QED) is 0.293. The second-order valence-electron chi connectivity index (χ2n) is 16.2. The molecule has 6 rings (SSSR count). The molecule has 2 aromatic rings. The third-order valence-corrected chi connectivity index (χ3v) is 12.2. The van der Waals surface area contributed by atoms with Gasteiger partial charge in [0.25, 0.3) is 0 Å². The number of carbonyl (C=O) groups is 8. The predicted octanol–water partition coefficient (Wildman–Crippen LogP) is 1.92. The third kappa shape index (κ3) is 7.28. The van der Waals surface area contributed by atoms with E-state index in [4.69, 9.17) is 47.0 Å². The molecule has 1 unspecified atom stereocenters. The molecule has 1 N–H and O–H groups in total. The minimum Gasteiger partial charge on any atom is -0.472 e. The van der Waals surface area contributed by atoms with Gasteiger partial charge in [-0.15, -0.1) is 0 Å². The van der Waals surface area contributed by atoms with Gasteiger partial charge in [0.05, 0.1) is 29.2 Å². The summed E-state index contributed by atoms with van der Waals surface area (Å²) in [7, 11) is 0. The number of aromatic nitrogens is 1. The maximum Gasteiger partial charge on any atom is 0.341 e. The number of pyridine rings is 1. The highest BCUT2D eigenvalue weighted by atomic mass is 16.7. The summed E-state index contributed by atoms with van der Waals surface area (Å²) in [6, 6.07) is 2.72. The molecule has 0 radical (unpaired) electrons. The van der Waals surface area contributed by atoms with Crippen LogP contribution in [0.15, 0.2) is 41.5 Å². The van der Waals surface area contributed by atoms with Crippen molar-refractivity contribution in [3.05, 3.63) is 53.7 Å². The lowest BCUT2D eigenvalue weighted by atomic mass is 9.45. The van der Waals surface area contributed by atoms with Gasteiger partial charge in [-0.3, -0.25) is 33.8 Å². The van der Waals surface area contributed by atoms with Crippen LogP contribution in [0.1, 0.15) is 94.5 Å². The van der Waals surface area contributed by atoms with Gasteiger partial charge in [-0.25, -0.2) is 9.59 Å². The van der Waals surface area contributed by atoms with Crippen LogP contribution in [-0.4, -0.2) is 124 Å². The van der Waals surface area contributed by atoms with Gasteiger partial charge < -0.3 is 52.2 Å². The minimum atomic E-state index is -2.88. The lowest BCUT2D eigenvalue weighted by Crippen LogP contribution is -2.89. The monoisotopic (exact) mass is 857 g/mol. The molecule has 2 aliphatic carbocycles. The maximum absolute atomic E-state index is 14.6. The molecule has 13 atom stereocenters. The lowest BCUT2D eigenvalue weighted by Gasteiger charge is -2.67. The van der Waals surface area contributed by atoms with Gasteiger partial charge in [0.15, 0.2) is 30.0 Å². The summed E-state index contributed by atoms with van der Waals surface area (Å²) in [6.07, 6.45) is -7.53. The topological polar surface area (TPSA) is 266 Å². The first-order valence-corrected chi connectivity index (χ1v) is 19.3. The maximum atomic E-state index is 14.6. The van der Waals surface area contributed by atoms with E-state index in [2.05, 4.69) is 4.98 Å². The summed E-state index contributed by atoms with van der Waals surface area (Å²) in [6.45, 7) is 8.63. The number of aliphatic hydroxyl groups is 1. The van der Waals surface area contributed by atoms with Crippen LogP contribution in [0, 0.1) is 17.3 Å². The number of ether oxygens (including phenoxy) is 9. The van der Waals surface area contributed by atoms with E-state index in [9.17, 15) is 43.5 Å². The van der Waals surface area contributed by atoms with Crippen molar-refractivity contribution >= 4 is 47.8 Å². The molecule has 20 heteroatoms. The van der Waals surface area contributed by atoms with Crippen molar-refractivity contribution in [2.45, 2.75) is 122 Å². The summed E-state index contributed by atoms with van der Waals surface area (Å²) in [4.78, 5) is 113. The Hall–Kier alpha value is -5.89. The van der Waals surface area contributed by atoms with Crippen LogP contribution in [0.25, 0.3) is 0 Å². The van der Waals surface area contributed by atoms with Crippen molar-refractivity contribution in [2.75, 3.05) is 13.2 Å². The fourth-order valence-corrected chi connectivity index (χ4v) is 9.68. The Bertz CT molecular complexity index is 2120. The standard InChI is InChI=1S/C41H47NO19/c1-18-19(2)35(48)60-32-30(59-36(49)25-11-13-52-15-25)34(58-24(7)47)40(17-53-20(3)43)33(57-23(6)46)29(55-21(4)44)28-31(56-22(5)45)41(40,39(32,9)51)61-38(28,8)16-54-37(50)27-14-42-12-10-26(18)27/h10-15,18-19,28-34,51H,16-17H2,1-9H3/t18?,19-,28-,29-,30+,31-,32+,33-,34+,38+,39+,40-,41+/m1/s1. The average molecular weight is 858 g/mol. The molecule has 3 fully saturated rings. The zero-order chi connectivity index (χ0) is 45.0. The SMILES string of the molecule is CC(=O)OC[C@]12[C@H](OC(C)=O)[C@H](OC(C)=O)[C@@H]3[C@@H](OC(C)=O)[C@@]14O[C@@]3(C)COC(=O)c1cnccc1C(C)[C@@H](C)C(=O)O[C@@H]([C@H](OC(=O)c1ccoc1)[C@@H]2OC(C)=O)[C@]4(C)O. The van der Waals surface area contributed by atoms with Gasteiger partial charge >= 0.3 is 47.8 Å². The molecule has 61 heavy (non-hydrogen) atoms. The van der Waals surface area contributed by atoms with Crippen molar-refractivity contribution < 1.29 is 90.5 Å². The van der Waals surface area contributed by atoms with Crippen LogP contribution in [0.4, 0.5) is 0 Å². The van der Waals surface area contributed by atoms with E-state index >= 15 is 0 Å². The zero-order valence-electron chi connectivity index (χ0n) is 34.8. The van der Waals surface area contributed by atoms with Crippen molar-refractivity contribution in [2.24, 2.45) is 17.3 Å². The van der Waals surface area contributed by atoms with E-state index < -0.39 is 138 Å². The van der Waals surface area contributed by atoms with Crippen molar-refractivity contribution in [3.8, 4) is 0 Å². The zero-order valence-corrected chi connectivity index (χ0v) is 34.8. The Kier molecular flexibility index (Phi) is 11.8. The fraction of sp³-hybridized carbons (Fsp3) is 0.585. The predicted molar refractivity (Wildman–Crippen MR) is 198 cm³/mol. The molecule has 2 saturated carbocycles. The number of fused-ring (bicyclic) bond motifs is 5. The van der Waals surface area contributed by atoms with Gasteiger partial charge in [-0.2, -0.15) is 0 Å². The van der Waals surface area contributed by atoms with Crippen LogP contribution in [0.2, 0.25) is 0 Å². The van der Waals surface area contributed by atoms with Crippen LogP contribution in [0.3, 0.4) is 0 Å². The number of furan rings is 1. The molecule has 2 aliphatic heterocycles. The normalized spacial score (nSPS) is 36.5. The highest BCUT2D eigenvalue weighted by molar-refractivity contribution is 5.91. The van der Waals surface area contributed by atoms with Crippen molar-refractivity contribution in [1.82, 2.24) is 4.98 Å². The summed E-state index contributed by atoms with van der Waals surface area (Å²) < 4.78 is 60.2. The van der Waals surface area contributed by atoms with Gasteiger partial charge in [0, 0.05) is 47.0 Å². The van der Waals surface area contributed by atoms with E-state index in [-0.39, 0.29) is 11.1 Å². The van der Waals surface area contributed by atoms with Gasteiger partial charge in [-0.1, -0.05) is 13.8 Å². The Balaban J connectivity index is 1.80. The molecule has 20 nitrogen and oxygen atoms in total. The second-order valence-corrected chi connectivity index (χ2v) is 16.2. The number of nitrogens with zero attached hydrogens (tertiary/aromatic N) is 1. The molecule has 1 saturated heterocycles. The summed E-state index contributed by atoms with van der Waals surface area (Å²) in [5.41, 5.74) is -10.4. The number of esters is 8. The molecule has 1 spiro atoms. The highest BCUT2D eigenvalue weighted by Gasteiger charge is 2.92. The lowest BCUT2D eigenvalue weighted by molar-refractivity contribution is -0.386. The summed E-state index contributed by atoms with van der Waals surface area (Å²) >= 11 is 0. The molecular formula is C41H47NO19. The number of cyclic esters (lactones) is 1. The van der Waals surface area contributed by atoms with E-state index in [1.807, 2.05) is 0 Å². The summed E-state index contributed by atoms with van der Waals surface area (Å²) in [5, 5.41) is 13.6. The Morgan fingerprint density at radius 1 is 0.803 bits per heavy atom. The molecule has 4 heterocycles. The van der Waals surface area contributed by atoms with Crippen LogP contribution in [-0.2, 0) is 71.4 Å². The van der Waals surface area contributed by atoms with E-state index in [0.29, 0.717) is 5.56 Å². The molecule has 0 amide bonds. The Morgan fingerprint density at radius 3 is 1.98 bits per heavy atom. The molecule has 0 aromatic carbocycles. The number of hydrogen-bond donors (Lipinski definition) is 1. The first-order valence-electron chi connectivity index (χ1n) is 19.3. The Labute approximate surface area is 348 Å².